The summed E-state index contributed by atoms with van der Waals surface area (Å²) < 4.78 is 0. The summed E-state index contributed by atoms with van der Waals surface area (Å²) in [6.07, 6.45) is 5.01. The van der Waals surface area contributed by atoms with Crippen LogP contribution in [0.15, 0.2) is 12.7 Å². The van der Waals surface area contributed by atoms with Crippen molar-refractivity contribution in [3.05, 3.63) is 12.7 Å². The third kappa shape index (κ3) is 0.994. The van der Waals surface area contributed by atoms with Crippen molar-refractivity contribution in [2.45, 2.75) is 29.7 Å². The van der Waals surface area contributed by atoms with Gasteiger partial charge in [0.2, 0.25) is 0 Å². The molecule has 62 valence electrons. The SMILES string of the molecule is C=CC1CC2(O)CC1CC2Br. The number of aliphatic hydroxyl groups is 1. The minimum absolute atomic E-state index is 0.330. The lowest BCUT2D eigenvalue weighted by atomic mass is 9.87. The summed E-state index contributed by atoms with van der Waals surface area (Å²) in [6, 6.07) is 0. The first kappa shape index (κ1) is 7.81. The first-order valence-corrected chi connectivity index (χ1v) is 5.06. The lowest BCUT2D eigenvalue weighted by Gasteiger charge is -2.28. The summed E-state index contributed by atoms with van der Waals surface area (Å²) in [6.45, 7) is 3.79. The van der Waals surface area contributed by atoms with Gasteiger partial charge in [-0.2, -0.15) is 0 Å². The summed E-state index contributed by atoms with van der Waals surface area (Å²) >= 11 is 3.52. The van der Waals surface area contributed by atoms with Gasteiger partial charge >= 0.3 is 0 Å². The van der Waals surface area contributed by atoms with Gasteiger partial charge in [0.25, 0.3) is 0 Å². The largest absolute Gasteiger partial charge is 0.389 e. The maximum Gasteiger partial charge on any atom is 0.0780 e. The van der Waals surface area contributed by atoms with Crippen molar-refractivity contribution >= 4 is 15.9 Å². The molecule has 0 spiro atoms. The molecule has 2 rings (SSSR count). The van der Waals surface area contributed by atoms with Crippen molar-refractivity contribution < 1.29 is 5.11 Å². The fourth-order valence-corrected chi connectivity index (χ4v) is 3.39. The Morgan fingerprint density at radius 1 is 1.55 bits per heavy atom. The van der Waals surface area contributed by atoms with Crippen LogP contribution in [-0.2, 0) is 0 Å². The second-order valence-corrected chi connectivity index (χ2v) is 4.98. The molecule has 1 N–H and O–H groups in total. The molecule has 0 heterocycles. The lowest BCUT2D eigenvalue weighted by Crippen LogP contribution is -2.34. The van der Waals surface area contributed by atoms with E-state index in [4.69, 9.17) is 0 Å². The highest BCUT2D eigenvalue weighted by Gasteiger charge is 2.53. The van der Waals surface area contributed by atoms with E-state index in [-0.39, 0.29) is 0 Å². The molecule has 0 saturated heterocycles. The summed E-state index contributed by atoms with van der Waals surface area (Å²) in [4.78, 5) is 0.330. The van der Waals surface area contributed by atoms with Crippen LogP contribution in [0.5, 0.6) is 0 Å². The smallest absolute Gasteiger partial charge is 0.0780 e. The molecule has 4 unspecified atom stereocenters. The van der Waals surface area contributed by atoms with Crippen LogP contribution < -0.4 is 0 Å². The maximum atomic E-state index is 10.0. The minimum Gasteiger partial charge on any atom is -0.389 e. The van der Waals surface area contributed by atoms with E-state index >= 15 is 0 Å². The van der Waals surface area contributed by atoms with Crippen molar-refractivity contribution in [2.75, 3.05) is 0 Å². The van der Waals surface area contributed by atoms with Gasteiger partial charge in [0, 0.05) is 4.83 Å². The summed E-state index contributed by atoms with van der Waals surface area (Å²) in [5, 5.41) is 10.0. The van der Waals surface area contributed by atoms with Crippen molar-refractivity contribution in [3.63, 3.8) is 0 Å². The lowest BCUT2D eigenvalue weighted by molar-refractivity contribution is 0.0542. The van der Waals surface area contributed by atoms with Crippen molar-refractivity contribution in [2.24, 2.45) is 11.8 Å². The van der Waals surface area contributed by atoms with E-state index in [9.17, 15) is 5.11 Å². The first-order valence-electron chi connectivity index (χ1n) is 4.15. The summed E-state index contributed by atoms with van der Waals surface area (Å²) in [5.41, 5.74) is -0.413. The molecule has 11 heavy (non-hydrogen) atoms. The predicted molar refractivity (Wildman–Crippen MR) is 48.7 cm³/mol. The van der Waals surface area contributed by atoms with Crippen molar-refractivity contribution in [1.82, 2.24) is 0 Å². The molecule has 0 aromatic heterocycles. The monoisotopic (exact) mass is 216 g/mol. The zero-order chi connectivity index (χ0) is 8.06. The van der Waals surface area contributed by atoms with E-state index < -0.39 is 5.60 Å². The van der Waals surface area contributed by atoms with Gasteiger partial charge in [-0.1, -0.05) is 22.0 Å². The highest BCUT2D eigenvalue weighted by atomic mass is 79.9. The number of alkyl halides is 1. The molecule has 0 aromatic rings. The van der Waals surface area contributed by atoms with Crippen molar-refractivity contribution in [3.8, 4) is 0 Å². The van der Waals surface area contributed by atoms with E-state index in [0.29, 0.717) is 16.7 Å². The summed E-state index contributed by atoms with van der Waals surface area (Å²) in [7, 11) is 0. The Morgan fingerprint density at radius 2 is 2.27 bits per heavy atom. The average molecular weight is 217 g/mol. The number of fused-ring (bicyclic) bond motifs is 2. The normalized spacial score (nSPS) is 54.9. The van der Waals surface area contributed by atoms with Gasteiger partial charge in [-0.3, -0.25) is 0 Å². The molecular formula is C9H13BrO. The van der Waals surface area contributed by atoms with Gasteiger partial charge in [-0.15, -0.1) is 6.58 Å². The Kier molecular flexibility index (Phi) is 1.66. The molecule has 2 fully saturated rings. The Hall–Kier alpha value is 0.180. The standard InChI is InChI=1S/C9H13BrO/c1-2-6-4-9(11)5-7(6)3-8(9)10/h2,6-8,11H,1,3-5H2. The second kappa shape index (κ2) is 2.33. The number of rotatable bonds is 1. The topological polar surface area (TPSA) is 20.2 Å². The van der Waals surface area contributed by atoms with Gasteiger partial charge in [0.15, 0.2) is 0 Å². The van der Waals surface area contributed by atoms with Gasteiger partial charge in [-0.25, -0.2) is 0 Å². The van der Waals surface area contributed by atoms with Crippen LogP contribution in [0, 0.1) is 11.8 Å². The van der Waals surface area contributed by atoms with Crippen LogP contribution in [0.25, 0.3) is 0 Å². The van der Waals surface area contributed by atoms with Gasteiger partial charge in [0.1, 0.15) is 0 Å². The first-order chi connectivity index (χ1) is 5.15. The Balaban J connectivity index is 2.19. The molecule has 1 nitrogen and oxygen atoms in total. The quantitative estimate of drug-likeness (QED) is 0.526. The van der Waals surface area contributed by atoms with Crippen LogP contribution in [0.2, 0.25) is 0 Å². The van der Waals surface area contributed by atoms with E-state index in [1.54, 1.807) is 0 Å². The Bertz CT molecular complexity index is 192. The highest BCUT2D eigenvalue weighted by Crippen LogP contribution is 2.54. The number of allylic oxidation sites excluding steroid dienone is 1. The molecular weight excluding hydrogens is 204 g/mol. The van der Waals surface area contributed by atoms with Gasteiger partial charge in [0.05, 0.1) is 5.60 Å². The third-order valence-electron chi connectivity index (χ3n) is 3.21. The van der Waals surface area contributed by atoms with Crippen LogP contribution >= 0.6 is 15.9 Å². The fraction of sp³-hybridized carbons (Fsp3) is 0.778. The van der Waals surface area contributed by atoms with Crippen LogP contribution in [0.4, 0.5) is 0 Å². The predicted octanol–water partition coefficient (Wildman–Crippen LogP) is 2.10. The summed E-state index contributed by atoms with van der Waals surface area (Å²) in [5.74, 6) is 1.25. The molecule has 2 bridgehead atoms. The average Bonchev–Trinajstić information content (AvgIpc) is 2.40. The maximum absolute atomic E-state index is 10.0. The van der Waals surface area contributed by atoms with E-state index in [1.165, 1.54) is 0 Å². The Morgan fingerprint density at radius 3 is 2.64 bits per heavy atom. The van der Waals surface area contributed by atoms with Crippen LogP contribution in [-0.4, -0.2) is 15.5 Å². The zero-order valence-electron chi connectivity index (χ0n) is 6.46. The minimum atomic E-state index is -0.413. The number of halogens is 1. The molecule has 4 atom stereocenters. The molecule has 2 saturated carbocycles. The molecule has 2 aliphatic carbocycles. The Labute approximate surface area is 75.6 Å². The fourth-order valence-electron chi connectivity index (χ4n) is 2.54. The molecule has 0 radical (unpaired) electrons. The molecule has 2 aliphatic rings. The molecule has 0 aromatic carbocycles. The molecule has 0 aliphatic heterocycles. The highest BCUT2D eigenvalue weighted by molar-refractivity contribution is 9.09. The molecule has 0 amide bonds. The number of hydrogen-bond donors (Lipinski definition) is 1. The van der Waals surface area contributed by atoms with E-state index in [1.807, 2.05) is 6.08 Å². The van der Waals surface area contributed by atoms with Crippen molar-refractivity contribution in [1.29, 1.82) is 0 Å². The third-order valence-corrected chi connectivity index (χ3v) is 4.43. The van der Waals surface area contributed by atoms with E-state index in [0.717, 1.165) is 19.3 Å². The molecule has 2 heteroatoms. The number of hydrogen-bond acceptors (Lipinski definition) is 1. The zero-order valence-corrected chi connectivity index (χ0v) is 8.05. The van der Waals surface area contributed by atoms with E-state index in [2.05, 4.69) is 22.5 Å². The second-order valence-electron chi connectivity index (χ2n) is 3.87. The van der Waals surface area contributed by atoms with Crippen LogP contribution in [0.3, 0.4) is 0 Å². The van der Waals surface area contributed by atoms with Crippen LogP contribution in [0.1, 0.15) is 19.3 Å². The van der Waals surface area contributed by atoms with Gasteiger partial charge < -0.3 is 5.11 Å². The van der Waals surface area contributed by atoms with Gasteiger partial charge in [-0.05, 0) is 31.1 Å².